The molecule has 7 heteroatoms. The maximum Gasteiger partial charge on any atom is 0.244 e. The molecule has 0 saturated heterocycles. The number of carbonyl (C=O) groups excluding carboxylic acids is 1. The summed E-state index contributed by atoms with van der Waals surface area (Å²) in [5.41, 5.74) is 1.59. The summed E-state index contributed by atoms with van der Waals surface area (Å²) in [7, 11) is 6.21. The highest BCUT2D eigenvalue weighted by atomic mass is 16.5. The first-order valence-electron chi connectivity index (χ1n) is 9.51. The number of hydrogen-bond acceptors (Lipinski definition) is 6. The van der Waals surface area contributed by atoms with Crippen molar-refractivity contribution in [2.24, 2.45) is 0 Å². The molecule has 0 aliphatic rings. The minimum absolute atomic E-state index is 0.0446. The van der Waals surface area contributed by atoms with E-state index in [-0.39, 0.29) is 12.0 Å². The van der Waals surface area contributed by atoms with Crippen LogP contribution >= 0.6 is 0 Å². The van der Waals surface area contributed by atoms with Crippen LogP contribution in [0.2, 0.25) is 0 Å². The molecule has 7 nitrogen and oxygen atoms in total. The molecule has 0 saturated carbocycles. The zero-order valence-electron chi connectivity index (χ0n) is 18.3. The predicted octanol–water partition coefficient (Wildman–Crippen LogP) is 3.84. The summed E-state index contributed by atoms with van der Waals surface area (Å²) in [6, 6.07) is 9.12. The molecule has 0 radical (unpaired) electrons. The lowest BCUT2D eigenvalue weighted by molar-refractivity contribution is -0.116. The number of benzene rings is 2. The average molecular weight is 415 g/mol. The number of hydrogen-bond donors (Lipinski definition) is 1. The Balaban J connectivity index is 2.07. The summed E-state index contributed by atoms with van der Waals surface area (Å²) < 4.78 is 27.1. The quantitative estimate of drug-likeness (QED) is 0.595. The zero-order chi connectivity index (χ0) is 22.1. The second-order valence-electron chi connectivity index (χ2n) is 6.63. The smallest absolute Gasteiger partial charge is 0.244 e. The molecule has 1 N–H and O–H groups in total. The van der Waals surface area contributed by atoms with E-state index in [4.69, 9.17) is 23.7 Å². The Morgan fingerprint density at radius 3 is 2.17 bits per heavy atom. The Morgan fingerprint density at radius 1 is 0.900 bits per heavy atom. The molecule has 2 aromatic carbocycles. The van der Waals surface area contributed by atoms with E-state index in [2.05, 4.69) is 5.32 Å². The Morgan fingerprint density at radius 2 is 1.57 bits per heavy atom. The van der Waals surface area contributed by atoms with Crippen molar-refractivity contribution in [1.82, 2.24) is 5.32 Å². The zero-order valence-corrected chi connectivity index (χ0v) is 18.3. The summed E-state index contributed by atoms with van der Waals surface area (Å²) in [5.74, 6) is 2.57. The number of nitrogens with one attached hydrogen (secondary N) is 1. The van der Waals surface area contributed by atoms with Gasteiger partial charge >= 0.3 is 0 Å². The van der Waals surface area contributed by atoms with Gasteiger partial charge in [-0.25, -0.2) is 0 Å². The maximum atomic E-state index is 12.3. The molecule has 30 heavy (non-hydrogen) atoms. The van der Waals surface area contributed by atoms with Crippen LogP contribution in [-0.2, 0) is 11.3 Å². The number of rotatable bonds is 10. The molecular weight excluding hydrogens is 386 g/mol. The van der Waals surface area contributed by atoms with E-state index in [9.17, 15) is 4.79 Å². The Labute approximate surface area is 177 Å². The van der Waals surface area contributed by atoms with Gasteiger partial charge < -0.3 is 29.0 Å². The lowest BCUT2D eigenvalue weighted by atomic mass is 10.1. The van der Waals surface area contributed by atoms with Crippen LogP contribution in [0.25, 0.3) is 6.08 Å². The monoisotopic (exact) mass is 415 g/mol. The lowest BCUT2D eigenvalue weighted by Crippen LogP contribution is -2.20. The Kier molecular flexibility index (Phi) is 8.41. The van der Waals surface area contributed by atoms with Gasteiger partial charge in [0.25, 0.3) is 0 Å². The van der Waals surface area contributed by atoms with Crippen molar-refractivity contribution in [1.29, 1.82) is 0 Å². The van der Waals surface area contributed by atoms with Crippen LogP contribution < -0.4 is 29.0 Å². The molecule has 1 amide bonds. The highest BCUT2D eigenvalue weighted by Crippen LogP contribution is 2.40. The third-order valence-corrected chi connectivity index (χ3v) is 4.21. The van der Waals surface area contributed by atoms with E-state index in [1.807, 2.05) is 32.0 Å². The molecule has 2 aromatic rings. The van der Waals surface area contributed by atoms with Gasteiger partial charge in [-0.3, -0.25) is 4.79 Å². The standard InChI is InChI=1S/C23H29NO6/c1-15(2)30-18-10-7-16(13-20(18)27-4)14-24-21(25)12-9-17-8-11-19(26-3)23(29-6)22(17)28-5/h7-13,15H,14H2,1-6H3,(H,24,25)/b12-9+. The van der Waals surface area contributed by atoms with E-state index in [0.717, 1.165) is 5.56 Å². The third-order valence-electron chi connectivity index (χ3n) is 4.21. The predicted molar refractivity (Wildman–Crippen MR) is 116 cm³/mol. The fourth-order valence-corrected chi connectivity index (χ4v) is 2.84. The lowest BCUT2D eigenvalue weighted by Gasteiger charge is -2.14. The maximum absolute atomic E-state index is 12.3. The molecular formula is C23H29NO6. The fourth-order valence-electron chi connectivity index (χ4n) is 2.84. The highest BCUT2D eigenvalue weighted by Gasteiger charge is 2.14. The van der Waals surface area contributed by atoms with Crippen LogP contribution in [0.1, 0.15) is 25.0 Å². The number of carbonyl (C=O) groups is 1. The molecule has 0 spiro atoms. The summed E-state index contributed by atoms with van der Waals surface area (Å²) in [6.45, 7) is 4.26. The first-order chi connectivity index (χ1) is 14.4. The van der Waals surface area contributed by atoms with Gasteiger partial charge in [-0.2, -0.15) is 0 Å². The molecule has 162 valence electrons. The first-order valence-corrected chi connectivity index (χ1v) is 9.51. The largest absolute Gasteiger partial charge is 0.493 e. The van der Waals surface area contributed by atoms with Gasteiger partial charge in [-0.05, 0) is 49.8 Å². The van der Waals surface area contributed by atoms with E-state index in [1.165, 1.54) is 20.3 Å². The van der Waals surface area contributed by atoms with Crippen molar-refractivity contribution >= 4 is 12.0 Å². The van der Waals surface area contributed by atoms with E-state index in [1.54, 1.807) is 32.4 Å². The Hall–Kier alpha value is -3.35. The van der Waals surface area contributed by atoms with Crippen LogP contribution in [0.5, 0.6) is 28.7 Å². The van der Waals surface area contributed by atoms with Crippen LogP contribution in [0.4, 0.5) is 0 Å². The number of amides is 1. The van der Waals surface area contributed by atoms with E-state index in [0.29, 0.717) is 40.9 Å². The van der Waals surface area contributed by atoms with Crippen molar-refractivity contribution in [3.63, 3.8) is 0 Å². The van der Waals surface area contributed by atoms with Crippen LogP contribution in [0, 0.1) is 0 Å². The van der Waals surface area contributed by atoms with E-state index >= 15 is 0 Å². The van der Waals surface area contributed by atoms with Crippen molar-refractivity contribution in [2.75, 3.05) is 28.4 Å². The van der Waals surface area contributed by atoms with Gasteiger partial charge in [0.15, 0.2) is 23.0 Å². The summed E-state index contributed by atoms with van der Waals surface area (Å²) in [6.07, 6.45) is 3.15. The second-order valence-corrected chi connectivity index (χ2v) is 6.63. The van der Waals surface area contributed by atoms with Crippen molar-refractivity contribution < 1.29 is 28.5 Å². The molecule has 0 aliphatic heterocycles. The summed E-state index contributed by atoms with van der Waals surface area (Å²) >= 11 is 0. The summed E-state index contributed by atoms with van der Waals surface area (Å²) in [5, 5.41) is 2.85. The van der Waals surface area contributed by atoms with Crippen molar-refractivity contribution in [2.45, 2.75) is 26.5 Å². The van der Waals surface area contributed by atoms with Crippen molar-refractivity contribution in [3.05, 3.63) is 47.5 Å². The van der Waals surface area contributed by atoms with Gasteiger partial charge in [-0.15, -0.1) is 0 Å². The minimum Gasteiger partial charge on any atom is -0.493 e. The normalized spacial score (nSPS) is 10.8. The molecule has 0 aromatic heterocycles. The van der Waals surface area contributed by atoms with E-state index < -0.39 is 0 Å². The average Bonchev–Trinajstić information content (AvgIpc) is 2.75. The first kappa shape index (κ1) is 22.9. The topological polar surface area (TPSA) is 75.3 Å². The molecule has 0 bridgehead atoms. The number of methoxy groups -OCH3 is 4. The molecule has 0 unspecified atom stereocenters. The SMILES string of the molecule is COc1cc(CNC(=O)/C=C/c2ccc(OC)c(OC)c2OC)ccc1OC(C)C. The van der Waals surface area contributed by atoms with Crippen LogP contribution in [-0.4, -0.2) is 40.5 Å². The van der Waals surface area contributed by atoms with Gasteiger partial charge in [0.05, 0.1) is 34.5 Å². The second kappa shape index (κ2) is 11.0. The molecule has 0 atom stereocenters. The molecule has 0 fully saturated rings. The van der Waals surface area contributed by atoms with Crippen molar-refractivity contribution in [3.8, 4) is 28.7 Å². The third kappa shape index (κ3) is 5.83. The fraction of sp³-hybridized carbons (Fsp3) is 0.348. The number of ether oxygens (including phenoxy) is 5. The van der Waals surface area contributed by atoms with Gasteiger partial charge in [0.1, 0.15) is 0 Å². The summed E-state index contributed by atoms with van der Waals surface area (Å²) in [4.78, 5) is 12.3. The minimum atomic E-state index is -0.242. The van der Waals surface area contributed by atoms with Crippen LogP contribution in [0.3, 0.4) is 0 Å². The van der Waals surface area contributed by atoms with Crippen LogP contribution in [0.15, 0.2) is 36.4 Å². The van der Waals surface area contributed by atoms with Gasteiger partial charge in [-0.1, -0.05) is 6.07 Å². The van der Waals surface area contributed by atoms with Gasteiger partial charge in [0, 0.05) is 18.2 Å². The molecule has 0 aliphatic carbocycles. The van der Waals surface area contributed by atoms with Gasteiger partial charge in [0.2, 0.25) is 11.7 Å². The molecule has 2 rings (SSSR count). The highest BCUT2D eigenvalue weighted by molar-refractivity contribution is 5.92. The molecule has 0 heterocycles. The Bertz CT molecular complexity index is 892.